The molecule has 1 aliphatic rings. The Kier molecular flexibility index (Phi) is 3.37. The van der Waals surface area contributed by atoms with Crippen LogP contribution in [0, 0.1) is 3.57 Å². The third-order valence-corrected chi connectivity index (χ3v) is 3.97. The molecule has 0 aliphatic heterocycles. The van der Waals surface area contributed by atoms with E-state index in [1.54, 1.807) is 0 Å². The average Bonchev–Trinajstić information content (AvgIpc) is 2.42. The first-order chi connectivity index (χ1) is 8.84. The van der Waals surface area contributed by atoms with E-state index >= 15 is 0 Å². The van der Waals surface area contributed by atoms with E-state index in [9.17, 15) is 0 Å². The van der Waals surface area contributed by atoms with Crippen LogP contribution in [0.5, 0.6) is 5.75 Å². The molecule has 0 amide bonds. The Hall–Kier alpha value is -1.29. The van der Waals surface area contributed by atoms with Crippen LogP contribution in [0.25, 0.3) is 5.76 Å². The number of ether oxygens (including phenoxy) is 1. The van der Waals surface area contributed by atoms with Crippen LogP contribution in [0.2, 0.25) is 0 Å². The van der Waals surface area contributed by atoms with Crippen molar-refractivity contribution < 1.29 is 4.74 Å². The van der Waals surface area contributed by atoms with Crippen molar-refractivity contribution in [2.45, 2.75) is 12.8 Å². The van der Waals surface area contributed by atoms with Crippen LogP contribution >= 0.6 is 22.6 Å². The van der Waals surface area contributed by atoms with Crippen LogP contribution in [0.4, 0.5) is 0 Å². The molecule has 0 atom stereocenters. The zero-order valence-corrected chi connectivity index (χ0v) is 12.1. The van der Waals surface area contributed by atoms with Crippen molar-refractivity contribution in [3.63, 3.8) is 0 Å². The fraction of sp³-hybridized carbons (Fsp3) is 0.125. The maximum atomic E-state index is 6.07. The highest BCUT2D eigenvalue weighted by Crippen LogP contribution is 2.30. The van der Waals surface area contributed by atoms with Gasteiger partial charge in [0.2, 0.25) is 0 Å². The van der Waals surface area contributed by atoms with Crippen molar-refractivity contribution in [3.05, 3.63) is 69.3 Å². The lowest BCUT2D eigenvalue weighted by Crippen LogP contribution is -2.04. The molecular formula is C16H13IO. The predicted octanol–water partition coefficient (Wildman–Crippen LogP) is 4.66. The Morgan fingerprint density at radius 1 is 0.944 bits per heavy atom. The molecular weight excluding hydrogens is 335 g/mol. The second kappa shape index (κ2) is 5.14. The van der Waals surface area contributed by atoms with Gasteiger partial charge >= 0.3 is 0 Å². The zero-order chi connectivity index (χ0) is 12.4. The molecule has 1 aliphatic carbocycles. The number of rotatable bonds is 2. The van der Waals surface area contributed by atoms with E-state index in [0.717, 1.165) is 27.9 Å². The van der Waals surface area contributed by atoms with E-state index in [4.69, 9.17) is 4.74 Å². The van der Waals surface area contributed by atoms with Crippen LogP contribution in [-0.4, -0.2) is 0 Å². The third-order valence-electron chi connectivity index (χ3n) is 3.08. The van der Waals surface area contributed by atoms with Gasteiger partial charge in [0.05, 0.1) is 3.57 Å². The second-order valence-corrected chi connectivity index (χ2v) is 5.46. The van der Waals surface area contributed by atoms with Gasteiger partial charge in [-0.25, -0.2) is 0 Å². The van der Waals surface area contributed by atoms with Crippen LogP contribution in [0.3, 0.4) is 0 Å². The quantitative estimate of drug-likeness (QED) is 0.718. The van der Waals surface area contributed by atoms with Gasteiger partial charge < -0.3 is 4.74 Å². The molecule has 18 heavy (non-hydrogen) atoms. The van der Waals surface area contributed by atoms with Crippen molar-refractivity contribution in [2.75, 3.05) is 0 Å². The number of allylic oxidation sites excluding steroid dienone is 1. The molecule has 2 aromatic rings. The number of para-hydroxylation sites is 1. The first kappa shape index (κ1) is 11.8. The average molecular weight is 348 g/mol. The molecule has 0 saturated heterocycles. The van der Waals surface area contributed by atoms with Gasteiger partial charge in [0.15, 0.2) is 0 Å². The maximum Gasteiger partial charge on any atom is 0.140 e. The smallest absolute Gasteiger partial charge is 0.140 e. The summed E-state index contributed by atoms with van der Waals surface area (Å²) in [4.78, 5) is 0. The highest BCUT2D eigenvalue weighted by molar-refractivity contribution is 14.1. The summed E-state index contributed by atoms with van der Waals surface area (Å²) in [6.07, 6.45) is 4.34. The molecule has 2 heteroatoms. The Labute approximate surface area is 121 Å². The molecule has 1 nitrogen and oxygen atoms in total. The SMILES string of the molecule is Ic1ccccc1OC1=CCCc2ccccc21. The monoisotopic (exact) mass is 348 g/mol. The minimum Gasteiger partial charge on any atom is -0.456 e. The zero-order valence-electron chi connectivity index (χ0n) is 9.90. The largest absolute Gasteiger partial charge is 0.456 e. The summed E-state index contributed by atoms with van der Waals surface area (Å²) in [5.41, 5.74) is 2.60. The molecule has 0 spiro atoms. The summed E-state index contributed by atoms with van der Waals surface area (Å²) in [5, 5.41) is 0. The number of benzene rings is 2. The Bertz CT molecular complexity index is 602. The first-order valence-corrected chi connectivity index (χ1v) is 7.13. The topological polar surface area (TPSA) is 9.23 Å². The summed E-state index contributed by atoms with van der Waals surface area (Å²) in [6, 6.07) is 16.6. The lowest BCUT2D eigenvalue weighted by Gasteiger charge is -2.18. The fourth-order valence-corrected chi connectivity index (χ4v) is 2.69. The van der Waals surface area contributed by atoms with E-state index in [-0.39, 0.29) is 0 Å². The minimum absolute atomic E-state index is 0.932. The highest BCUT2D eigenvalue weighted by atomic mass is 127. The second-order valence-electron chi connectivity index (χ2n) is 4.30. The Morgan fingerprint density at radius 3 is 2.61 bits per heavy atom. The lowest BCUT2D eigenvalue weighted by molar-refractivity contribution is 0.505. The third kappa shape index (κ3) is 2.29. The van der Waals surface area contributed by atoms with E-state index in [2.05, 4.69) is 59.0 Å². The number of halogens is 1. The Morgan fingerprint density at radius 2 is 1.72 bits per heavy atom. The van der Waals surface area contributed by atoms with Crippen molar-refractivity contribution in [2.24, 2.45) is 0 Å². The number of aryl methyl sites for hydroxylation is 1. The number of hydrogen-bond donors (Lipinski definition) is 0. The summed E-state index contributed by atoms with van der Waals surface area (Å²) < 4.78 is 7.20. The minimum atomic E-state index is 0.932. The number of hydrogen-bond acceptors (Lipinski definition) is 1. The molecule has 3 rings (SSSR count). The predicted molar refractivity (Wildman–Crippen MR) is 82.5 cm³/mol. The molecule has 0 bridgehead atoms. The molecule has 0 saturated carbocycles. The molecule has 0 fully saturated rings. The molecule has 0 unspecified atom stereocenters. The summed E-state index contributed by atoms with van der Waals surface area (Å²) in [6.45, 7) is 0. The van der Waals surface area contributed by atoms with Crippen LogP contribution in [0.1, 0.15) is 17.5 Å². The first-order valence-electron chi connectivity index (χ1n) is 6.05. The maximum absolute atomic E-state index is 6.07. The van der Waals surface area contributed by atoms with E-state index in [1.807, 2.05) is 18.2 Å². The van der Waals surface area contributed by atoms with Gasteiger partial charge in [-0.1, -0.05) is 36.4 Å². The van der Waals surface area contributed by atoms with Crippen molar-refractivity contribution in [3.8, 4) is 5.75 Å². The molecule has 90 valence electrons. The lowest BCUT2D eigenvalue weighted by atomic mass is 9.96. The normalized spacial score (nSPS) is 13.7. The van der Waals surface area contributed by atoms with Crippen molar-refractivity contribution in [1.29, 1.82) is 0 Å². The molecule has 0 heterocycles. The van der Waals surface area contributed by atoms with E-state index < -0.39 is 0 Å². The molecule has 2 aromatic carbocycles. The fourth-order valence-electron chi connectivity index (χ4n) is 2.19. The van der Waals surface area contributed by atoms with Gasteiger partial charge in [0.25, 0.3) is 0 Å². The van der Waals surface area contributed by atoms with Crippen molar-refractivity contribution >= 4 is 28.4 Å². The summed E-state index contributed by atoms with van der Waals surface area (Å²) >= 11 is 2.30. The van der Waals surface area contributed by atoms with Crippen molar-refractivity contribution in [1.82, 2.24) is 0 Å². The van der Waals surface area contributed by atoms with Gasteiger partial charge in [-0.3, -0.25) is 0 Å². The highest BCUT2D eigenvalue weighted by Gasteiger charge is 2.14. The van der Waals surface area contributed by atoms with Crippen LogP contribution in [-0.2, 0) is 6.42 Å². The van der Waals surface area contributed by atoms with Crippen LogP contribution in [0.15, 0.2) is 54.6 Å². The standard InChI is InChI=1S/C16H13IO/c17-14-9-3-4-10-16(14)18-15-11-5-7-12-6-1-2-8-13(12)15/h1-4,6,8-11H,5,7H2. The van der Waals surface area contributed by atoms with Gasteiger partial charge in [0.1, 0.15) is 11.5 Å². The van der Waals surface area contributed by atoms with Gasteiger partial charge in [-0.2, -0.15) is 0 Å². The number of fused-ring (bicyclic) bond motifs is 1. The van der Waals surface area contributed by atoms with Gasteiger partial charge in [0, 0.05) is 5.56 Å². The Balaban J connectivity index is 1.95. The van der Waals surface area contributed by atoms with Crippen LogP contribution < -0.4 is 4.74 Å². The summed E-state index contributed by atoms with van der Waals surface area (Å²) in [5.74, 6) is 1.92. The molecule has 0 N–H and O–H groups in total. The van der Waals surface area contributed by atoms with E-state index in [0.29, 0.717) is 0 Å². The van der Waals surface area contributed by atoms with Gasteiger partial charge in [-0.05, 0) is 59.2 Å². The molecule has 0 aromatic heterocycles. The van der Waals surface area contributed by atoms with E-state index in [1.165, 1.54) is 11.1 Å². The van der Waals surface area contributed by atoms with Gasteiger partial charge in [-0.15, -0.1) is 0 Å². The summed E-state index contributed by atoms with van der Waals surface area (Å²) in [7, 11) is 0. The molecule has 0 radical (unpaired) electrons.